The van der Waals surface area contributed by atoms with E-state index in [1.165, 1.54) is 0 Å². The molecule has 0 amide bonds. The lowest BCUT2D eigenvalue weighted by molar-refractivity contribution is -0.137. The van der Waals surface area contributed by atoms with Gasteiger partial charge in [-0.2, -0.15) is 0 Å². The number of rotatable bonds is 6. The second-order valence-electron chi connectivity index (χ2n) is 6.44. The lowest BCUT2D eigenvalue weighted by Crippen LogP contribution is -2.44. The van der Waals surface area contributed by atoms with Crippen molar-refractivity contribution in [2.75, 3.05) is 0 Å². The number of aliphatic carboxylic acids is 1. The molecule has 0 aliphatic heterocycles. The molecule has 0 radical (unpaired) electrons. The molecule has 4 nitrogen and oxygen atoms in total. The summed E-state index contributed by atoms with van der Waals surface area (Å²) in [7, 11) is 0. The molecule has 1 atom stereocenters. The highest BCUT2D eigenvalue weighted by molar-refractivity contribution is 6.04. The zero-order valence-corrected chi connectivity index (χ0v) is 13.6. The van der Waals surface area contributed by atoms with Crippen LogP contribution in [-0.4, -0.2) is 28.9 Å². The van der Waals surface area contributed by atoms with E-state index in [4.69, 9.17) is 5.11 Å². The number of aryl methyl sites for hydroxylation is 3. The van der Waals surface area contributed by atoms with Crippen LogP contribution in [0.1, 0.15) is 59.2 Å². The number of ketones is 1. The van der Waals surface area contributed by atoms with E-state index in [9.17, 15) is 9.59 Å². The summed E-state index contributed by atoms with van der Waals surface area (Å²) < 4.78 is 0. The summed E-state index contributed by atoms with van der Waals surface area (Å²) in [6.07, 6.45) is 4.18. The number of carbonyl (C=O) groups excluding carboxylic acids is 1. The van der Waals surface area contributed by atoms with Crippen LogP contribution in [0.3, 0.4) is 0 Å². The highest BCUT2D eigenvalue weighted by atomic mass is 16.4. The average molecular weight is 303 g/mol. The first-order valence-electron chi connectivity index (χ1n) is 7.98. The van der Waals surface area contributed by atoms with E-state index in [2.05, 4.69) is 5.32 Å². The molecule has 4 heteroatoms. The monoisotopic (exact) mass is 303 g/mol. The summed E-state index contributed by atoms with van der Waals surface area (Å²) in [6, 6.07) is 3.58. The number of hydrogen-bond acceptors (Lipinski definition) is 3. The van der Waals surface area contributed by atoms with Crippen LogP contribution in [0.25, 0.3) is 0 Å². The van der Waals surface area contributed by atoms with Gasteiger partial charge >= 0.3 is 5.97 Å². The van der Waals surface area contributed by atoms with Crippen LogP contribution in [0, 0.1) is 20.8 Å². The van der Waals surface area contributed by atoms with Crippen LogP contribution in [0.5, 0.6) is 0 Å². The minimum Gasteiger partial charge on any atom is -0.481 e. The first kappa shape index (κ1) is 16.7. The van der Waals surface area contributed by atoms with Crippen LogP contribution >= 0.6 is 0 Å². The van der Waals surface area contributed by atoms with Crippen molar-refractivity contribution in [3.63, 3.8) is 0 Å². The summed E-state index contributed by atoms with van der Waals surface area (Å²) in [5, 5.41) is 12.4. The number of benzene rings is 1. The van der Waals surface area contributed by atoms with Gasteiger partial charge in [0.2, 0.25) is 0 Å². The van der Waals surface area contributed by atoms with Crippen molar-refractivity contribution < 1.29 is 14.7 Å². The third-order valence-corrected chi connectivity index (χ3v) is 4.41. The molecule has 120 valence electrons. The minimum atomic E-state index is -0.939. The molecule has 0 saturated heterocycles. The molecule has 1 saturated carbocycles. The Balaban J connectivity index is 2.26. The zero-order valence-electron chi connectivity index (χ0n) is 13.6. The van der Waals surface area contributed by atoms with Crippen LogP contribution in [-0.2, 0) is 4.79 Å². The van der Waals surface area contributed by atoms with Crippen molar-refractivity contribution in [2.45, 2.75) is 65.0 Å². The standard InChI is InChI=1S/C18H25NO3/c1-11-8-12(2)17(13(3)9-11)18(22)15(10-16(20)21)19-14-6-4-5-7-14/h8-9,14-15,19H,4-7,10H2,1-3H3,(H,20,21). The molecule has 0 spiro atoms. The Labute approximate surface area is 131 Å². The van der Waals surface area contributed by atoms with Crippen molar-refractivity contribution >= 4 is 11.8 Å². The van der Waals surface area contributed by atoms with Crippen molar-refractivity contribution in [1.29, 1.82) is 0 Å². The lowest BCUT2D eigenvalue weighted by Gasteiger charge is -2.22. The summed E-state index contributed by atoms with van der Waals surface area (Å²) in [5.74, 6) is -1.03. The van der Waals surface area contributed by atoms with Gasteiger partial charge in [-0.3, -0.25) is 9.59 Å². The maximum atomic E-state index is 12.9. The smallest absolute Gasteiger partial charge is 0.305 e. The van der Waals surface area contributed by atoms with Gasteiger partial charge in [0.25, 0.3) is 0 Å². The SMILES string of the molecule is Cc1cc(C)c(C(=O)C(CC(=O)O)NC2CCCC2)c(C)c1. The third kappa shape index (κ3) is 3.95. The molecule has 22 heavy (non-hydrogen) atoms. The Morgan fingerprint density at radius 2 is 1.73 bits per heavy atom. The number of carboxylic acid groups (broad SMARTS) is 1. The molecular weight excluding hydrogens is 278 g/mol. The molecule has 2 rings (SSSR count). The van der Waals surface area contributed by atoms with E-state index >= 15 is 0 Å². The second kappa shape index (κ2) is 7.05. The number of carbonyl (C=O) groups is 2. The Hall–Kier alpha value is -1.68. The van der Waals surface area contributed by atoms with Crippen LogP contribution in [0.2, 0.25) is 0 Å². The highest BCUT2D eigenvalue weighted by Gasteiger charge is 2.28. The van der Waals surface area contributed by atoms with Gasteiger partial charge < -0.3 is 10.4 Å². The fourth-order valence-corrected chi connectivity index (χ4v) is 3.52. The third-order valence-electron chi connectivity index (χ3n) is 4.41. The molecule has 0 heterocycles. The topological polar surface area (TPSA) is 66.4 Å². The van der Waals surface area contributed by atoms with Gasteiger partial charge in [-0.05, 0) is 44.7 Å². The number of carboxylic acids is 1. The number of hydrogen-bond donors (Lipinski definition) is 2. The second-order valence-corrected chi connectivity index (χ2v) is 6.44. The van der Waals surface area contributed by atoms with Crippen molar-refractivity contribution in [3.8, 4) is 0 Å². The molecule has 0 aromatic heterocycles. The normalized spacial score (nSPS) is 16.7. The molecule has 2 N–H and O–H groups in total. The zero-order chi connectivity index (χ0) is 16.3. The predicted molar refractivity (Wildman–Crippen MR) is 86.4 cm³/mol. The van der Waals surface area contributed by atoms with Crippen LogP contribution < -0.4 is 5.32 Å². The van der Waals surface area contributed by atoms with Gasteiger partial charge in [-0.25, -0.2) is 0 Å². The maximum Gasteiger partial charge on any atom is 0.305 e. The molecule has 1 aliphatic rings. The summed E-state index contributed by atoms with van der Waals surface area (Å²) in [6.45, 7) is 5.83. The summed E-state index contributed by atoms with van der Waals surface area (Å²) >= 11 is 0. The van der Waals surface area contributed by atoms with Crippen molar-refractivity contribution in [1.82, 2.24) is 5.32 Å². The van der Waals surface area contributed by atoms with Gasteiger partial charge in [-0.15, -0.1) is 0 Å². The van der Waals surface area contributed by atoms with Gasteiger partial charge in [-0.1, -0.05) is 30.5 Å². The Kier molecular flexibility index (Phi) is 5.35. The van der Waals surface area contributed by atoms with E-state index in [1.807, 2.05) is 32.9 Å². The molecule has 1 unspecified atom stereocenters. The molecule has 0 bridgehead atoms. The van der Waals surface area contributed by atoms with E-state index in [0.29, 0.717) is 5.56 Å². The lowest BCUT2D eigenvalue weighted by atomic mass is 9.91. The Bertz CT molecular complexity index is 551. The van der Waals surface area contributed by atoms with Crippen molar-refractivity contribution in [3.05, 3.63) is 34.4 Å². The Morgan fingerprint density at radius 1 is 1.18 bits per heavy atom. The molecule has 1 aromatic rings. The van der Waals surface area contributed by atoms with E-state index in [1.54, 1.807) is 0 Å². The average Bonchev–Trinajstić information content (AvgIpc) is 2.88. The Morgan fingerprint density at radius 3 is 2.23 bits per heavy atom. The molecule has 1 aromatic carbocycles. The first-order valence-corrected chi connectivity index (χ1v) is 7.98. The minimum absolute atomic E-state index is 0.0932. The predicted octanol–water partition coefficient (Wildman–Crippen LogP) is 3.17. The van der Waals surface area contributed by atoms with Crippen LogP contribution in [0.15, 0.2) is 12.1 Å². The fourth-order valence-electron chi connectivity index (χ4n) is 3.52. The number of Topliss-reactive ketones (excluding diaryl/α,β-unsaturated/α-hetero) is 1. The van der Waals surface area contributed by atoms with Gasteiger partial charge in [0.15, 0.2) is 5.78 Å². The van der Waals surface area contributed by atoms with Crippen molar-refractivity contribution in [2.24, 2.45) is 0 Å². The van der Waals surface area contributed by atoms with Crippen LogP contribution in [0.4, 0.5) is 0 Å². The van der Waals surface area contributed by atoms with Gasteiger partial charge in [0, 0.05) is 11.6 Å². The van der Waals surface area contributed by atoms with E-state index in [0.717, 1.165) is 42.4 Å². The summed E-state index contributed by atoms with van der Waals surface area (Å²) in [5.41, 5.74) is 3.63. The maximum absolute atomic E-state index is 12.9. The molecular formula is C18H25NO3. The number of nitrogens with one attached hydrogen (secondary N) is 1. The highest BCUT2D eigenvalue weighted by Crippen LogP contribution is 2.22. The van der Waals surface area contributed by atoms with E-state index in [-0.39, 0.29) is 18.2 Å². The van der Waals surface area contributed by atoms with E-state index < -0.39 is 12.0 Å². The van der Waals surface area contributed by atoms with Gasteiger partial charge in [0.05, 0.1) is 12.5 Å². The van der Waals surface area contributed by atoms with Gasteiger partial charge in [0.1, 0.15) is 0 Å². The first-order chi connectivity index (χ1) is 10.4. The largest absolute Gasteiger partial charge is 0.481 e. The quantitative estimate of drug-likeness (QED) is 0.792. The fraction of sp³-hybridized carbons (Fsp3) is 0.556. The molecule has 1 aliphatic carbocycles. The summed E-state index contributed by atoms with van der Waals surface area (Å²) in [4.78, 5) is 24.0. The molecule has 1 fully saturated rings.